The molecular formula is C17H21N3OS. The quantitative estimate of drug-likeness (QED) is 0.878. The monoisotopic (exact) mass is 315 g/mol. The van der Waals surface area contributed by atoms with Gasteiger partial charge < -0.3 is 10.2 Å². The molecule has 116 valence electrons. The van der Waals surface area contributed by atoms with Crippen LogP contribution in [0.15, 0.2) is 24.4 Å². The number of nitrogens with one attached hydrogen (secondary N) is 1. The highest BCUT2D eigenvalue weighted by Crippen LogP contribution is 2.29. The third-order valence-electron chi connectivity index (χ3n) is 3.93. The van der Waals surface area contributed by atoms with Crippen molar-refractivity contribution in [2.45, 2.75) is 32.1 Å². The summed E-state index contributed by atoms with van der Waals surface area (Å²) in [6.45, 7) is 0. The second kappa shape index (κ2) is 6.48. The second-order valence-corrected chi connectivity index (χ2v) is 7.01. The fraction of sp³-hybridized carbons (Fsp3) is 0.412. The Kier molecular flexibility index (Phi) is 4.43. The van der Waals surface area contributed by atoms with Gasteiger partial charge in [-0.3, -0.25) is 4.79 Å². The van der Waals surface area contributed by atoms with Gasteiger partial charge in [-0.1, -0.05) is 6.42 Å². The molecule has 1 N–H and O–H groups in total. The lowest BCUT2D eigenvalue weighted by Crippen LogP contribution is -2.12. The first-order chi connectivity index (χ1) is 10.6. The van der Waals surface area contributed by atoms with Crippen molar-refractivity contribution in [3.8, 4) is 0 Å². The van der Waals surface area contributed by atoms with Gasteiger partial charge in [-0.2, -0.15) is 0 Å². The Bertz CT molecular complexity index is 638. The summed E-state index contributed by atoms with van der Waals surface area (Å²) < 4.78 is 0. The fourth-order valence-electron chi connectivity index (χ4n) is 2.70. The molecule has 0 bridgehead atoms. The van der Waals surface area contributed by atoms with E-state index in [4.69, 9.17) is 0 Å². The van der Waals surface area contributed by atoms with Crippen LogP contribution in [0.1, 0.15) is 39.4 Å². The van der Waals surface area contributed by atoms with Gasteiger partial charge in [-0.15, -0.1) is 11.3 Å². The number of carbonyl (C=O) groups is 1. The minimum atomic E-state index is -0.0301. The van der Waals surface area contributed by atoms with Crippen LogP contribution in [0.25, 0.3) is 0 Å². The first-order valence-corrected chi connectivity index (χ1v) is 8.51. The van der Waals surface area contributed by atoms with E-state index in [1.165, 1.54) is 29.7 Å². The van der Waals surface area contributed by atoms with E-state index >= 15 is 0 Å². The molecule has 0 saturated heterocycles. The summed E-state index contributed by atoms with van der Waals surface area (Å²) in [5.74, 6) is 0.846. The highest BCUT2D eigenvalue weighted by Gasteiger charge is 2.16. The lowest BCUT2D eigenvalue weighted by Gasteiger charge is -2.11. The van der Waals surface area contributed by atoms with Crippen LogP contribution >= 0.6 is 11.3 Å². The molecular weight excluding hydrogens is 294 g/mol. The summed E-state index contributed by atoms with van der Waals surface area (Å²) in [6.07, 6.45) is 7.70. The topological polar surface area (TPSA) is 45.2 Å². The van der Waals surface area contributed by atoms with Gasteiger partial charge in [0.1, 0.15) is 5.82 Å². The summed E-state index contributed by atoms with van der Waals surface area (Å²) in [4.78, 5) is 20.8. The maximum absolute atomic E-state index is 12.4. The number of anilines is 2. The van der Waals surface area contributed by atoms with Gasteiger partial charge >= 0.3 is 0 Å². The molecule has 1 aliphatic carbocycles. The zero-order chi connectivity index (χ0) is 15.5. The van der Waals surface area contributed by atoms with Gasteiger partial charge in [0.25, 0.3) is 5.91 Å². The Labute approximate surface area is 135 Å². The van der Waals surface area contributed by atoms with Crippen molar-refractivity contribution < 1.29 is 4.79 Å². The molecule has 2 heterocycles. The molecule has 2 aromatic rings. The highest BCUT2D eigenvalue weighted by molar-refractivity contribution is 7.14. The number of hydrogen-bond donors (Lipinski definition) is 1. The Morgan fingerprint density at radius 1 is 1.23 bits per heavy atom. The zero-order valence-electron chi connectivity index (χ0n) is 13.1. The molecule has 0 unspecified atom stereocenters. The van der Waals surface area contributed by atoms with Crippen LogP contribution in [0.2, 0.25) is 0 Å². The molecule has 0 aliphatic heterocycles. The Hall–Kier alpha value is -1.88. The predicted molar refractivity (Wildman–Crippen MR) is 92.1 cm³/mol. The Morgan fingerprint density at radius 3 is 2.77 bits per heavy atom. The highest BCUT2D eigenvalue weighted by atomic mass is 32.1. The van der Waals surface area contributed by atoms with E-state index in [0.29, 0.717) is 0 Å². The molecule has 5 heteroatoms. The summed E-state index contributed by atoms with van der Waals surface area (Å²) in [5.41, 5.74) is 2.10. The molecule has 22 heavy (non-hydrogen) atoms. The number of carbonyl (C=O) groups excluding carboxylic acids is 1. The minimum absolute atomic E-state index is 0.0301. The van der Waals surface area contributed by atoms with Crippen LogP contribution in [0.3, 0.4) is 0 Å². The first-order valence-electron chi connectivity index (χ1n) is 7.70. The number of fused-ring (bicyclic) bond motifs is 1. The second-order valence-electron chi connectivity index (χ2n) is 5.87. The molecule has 1 aliphatic rings. The normalized spacial score (nSPS) is 14.1. The number of aromatic nitrogens is 1. The number of pyridine rings is 1. The fourth-order valence-corrected chi connectivity index (χ4v) is 3.85. The van der Waals surface area contributed by atoms with Gasteiger partial charge in [-0.25, -0.2) is 4.98 Å². The van der Waals surface area contributed by atoms with E-state index in [0.717, 1.165) is 29.2 Å². The van der Waals surface area contributed by atoms with Crippen molar-refractivity contribution in [1.82, 2.24) is 4.98 Å². The van der Waals surface area contributed by atoms with Gasteiger partial charge in [0.2, 0.25) is 0 Å². The summed E-state index contributed by atoms with van der Waals surface area (Å²) >= 11 is 1.64. The SMILES string of the molecule is CN(C)c1ccc(NC(=O)c2cc3c(s2)CCCCC3)cn1. The molecule has 4 nitrogen and oxygen atoms in total. The average Bonchev–Trinajstić information content (AvgIpc) is 2.79. The summed E-state index contributed by atoms with van der Waals surface area (Å²) in [6, 6.07) is 5.86. The maximum Gasteiger partial charge on any atom is 0.265 e. The van der Waals surface area contributed by atoms with Crippen LogP contribution in [0.5, 0.6) is 0 Å². The van der Waals surface area contributed by atoms with E-state index in [9.17, 15) is 4.79 Å². The third kappa shape index (κ3) is 3.30. The molecule has 0 saturated carbocycles. The van der Waals surface area contributed by atoms with Crippen LogP contribution in [-0.2, 0) is 12.8 Å². The average molecular weight is 315 g/mol. The number of thiophene rings is 1. The summed E-state index contributed by atoms with van der Waals surface area (Å²) in [5, 5.41) is 2.94. The van der Waals surface area contributed by atoms with Gasteiger partial charge in [0.05, 0.1) is 16.8 Å². The lowest BCUT2D eigenvalue weighted by molar-refractivity contribution is 0.103. The number of nitrogens with zero attached hydrogens (tertiary/aromatic N) is 2. The maximum atomic E-state index is 12.4. The van der Waals surface area contributed by atoms with Gasteiger partial charge in [0.15, 0.2) is 0 Å². The van der Waals surface area contributed by atoms with E-state index in [-0.39, 0.29) is 5.91 Å². The standard InChI is InChI=1S/C17H21N3OS/c1-20(2)16-9-8-13(11-18-16)19-17(21)15-10-12-6-4-3-5-7-14(12)22-15/h8-11H,3-7H2,1-2H3,(H,19,21). The molecule has 2 aromatic heterocycles. The van der Waals surface area contributed by atoms with Gasteiger partial charge in [0, 0.05) is 19.0 Å². The van der Waals surface area contributed by atoms with Gasteiger partial charge in [-0.05, 0) is 49.4 Å². The molecule has 0 radical (unpaired) electrons. The number of amides is 1. The largest absolute Gasteiger partial charge is 0.363 e. The van der Waals surface area contributed by atoms with E-state index < -0.39 is 0 Å². The van der Waals surface area contributed by atoms with E-state index in [2.05, 4.69) is 16.4 Å². The molecule has 0 spiro atoms. The van der Waals surface area contributed by atoms with Crippen LogP contribution in [0.4, 0.5) is 11.5 Å². The van der Waals surface area contributed by atoms with Crippen LogP contribution < -0.4 is 10.2 Å². The Balaban J connectivity index is 1.71. The molecule has 1 amide bonds. The lowest BCUT2D eigenvalue weighted by atomic mass is 10.1. The van der Waals surface area contributed by atoms with Crippen molar-refractivity contribution in [2.75, 3.05) is 24.3 Å². The van der Waals surface area contributed by atoms with Crippen molar-refractivity contribution in [2.24, 2.45) is 0 Å². The smallest absolute Gasteiger partial charge is 0.265 e. The minimum Gasteiger partial charge on any atom is -0.363 e. The number of hydrogen-bond acceptors (Lipinski definition) is 4. The Morgan fingerprint density at radius 2 is 2.05 bits per heavy atom. The molecule has 3 rings (SSSR count). The molecule has 0 aromatic carbocycles. The third-order valence-corrected chi connectivity index (χ3v) is 5.17. The van der Waals surface area contributed by atoms with E-state index in [1.807, 2.05) is 31.1 Å². The van der Waals surface area contributed by atoms with Crippen LogP contribution in [-0.4, -0.2) is 25.0 Å². The zero-order valence-corrected chi connectivity index (χ0v) is 13.9. The number of aryl methyl sites for hydroxylation is 2. The van der Waals surface area contributed by atoms with Crippen molar-refractivity contribution in [3.63, 3.8) is 0 Å². The molecule has 0 atom stereocenters. The number of rotatable bonds is 3. The summed E-state index contributed by atoms with van der Waals surface area (Å²) in [7, 11) is 3.89. The van der Waals surface area contributed by atoms with Crippen molar-refractivity contribution in [1.29, 1.82) is 0 Å². The van der Waals surface area contributed by atoms with Crippen molar-refractivity contribution >= 4 is 28.7 Å². The predicted octanol–water partition coefficient (Wildman–Crippen LogP) is 3.73. The first kappa shape index (κ1) is 15.0. The van der Waals surface area contributed by atoms with E-state index in [1.54, 1.807) is 17.5 Å². The molecule has 0 fully saturated rings. The van der Waals surface area contributed by atoms with Crippen LogP contribution in [0, 0.1) is 0 Å². The van der Waals surface area contributed by atoms with Crippen molar-refractivity contribution in [3.05, 3.63) is 39.7 Å².